The molecule has 1 aromatic rings. The highest BCUT2D eigenvalue weighted by molar-refractivity contribution is 6.21. The van der Waals surface area contributed by atoms with Crippen LogP contribution in [-0.4, -0.2) is 87.0 Å². The summed E-state index contributed by atoms with van der Waals surface area (Å²) in [6, 6.07) is 1.64. The summed E-state index contributed by atoms with van der Waals surface area (Å²) in [5, 5.41) is 11.6. The van der Waals surface area contributed by atoms with Gasteiger partial charge in [-0.25, -0.2) is 0 Å². The number of amides is 1. The lowest BCUT2D eigenvalue weighted by atomic mass is 10.00. The Balaban J connectivity index is 1.96. The molecule has 168 valence electrons. The van der Waals surface area contributed by atoms with Crippen LogP contribution in [0.4, 0.5) is 5.69 Å². The van der Waals surface area contributed by atoms with E-state index in [0.717, 1.165) is 6.54 Å². The highest BCUT2D eigenvalue weighted by Crippen LogP contribution is 2.24. The van der Waals surface area contributed by atoms with Gasteiger partial charge in [0.2, 0.25) is 5.91 Å². The summed E-state index contributed by atoms with van der Waals surface area (Å²) in [4.78, 5) is 30.0. The Hall–Kier alpha value is -1.89. The average Bonchev–Trinajstić information content (AvgIpc) is 2.73. The SMILES string of the molecule is CN(C)CCOCCOc1ccncc1NC(=O)C(C(N)N=O)C1NCC(Cl)CN1. The molecule has 0 aliphatic carbocycles. The van der Waals surface area contributed by atoms with Gasteiger partial charge in [0, 0.05) is 31.9 Å². The Kier molecular flexibility index (Phi) is 10.3. The van der Waals surface area contributed by atoms with Crippen LogP contribution in [0.2, 0.25) is 0 Å². The molecule has 2 atom stereocenters. The number of aromatic nitrogens is 1. The third-order valence-electron chi connectivity index (χ3n) is 4.48. The Morgan fingerprint density at radius 1 is 1.40 bits per heavy atom. The molecule has 5 N–H and O–H groups in total. The van der Waals surface area contributed by atoms with E-state index in [1.54, 1.807) is 12.3 Å². The van der Waals surface area contributed by atoms with Gasteiger partial charge in [0.05, 0.1) is 31.0 Å². The van der Waals surface area contributed by atoms with E-state index in [-0.39, 0.29) is 5.38 Å². The minimum atomic E-state index is -1.24. The quantitative estimate of drug-likeness (QED) is 0.195. The monoisotopic (exact) mass is 443 g/mol. The molecule has 0 aromatic carbocycles. The first-order chi connectivity index (χ1) is 14.4. The molecule has 2 unspecified atom stereocenters. The zero-order valence-corrected chi connectivity index (χ0v) is 18.0. The van der Waals surface area contributed by atoms with Crippen LogP contribution in [0.15, 0.2) is 23.6 Å². The van der Waals surface area contributed by atoms with Crippen LogP contribution in [0.3, 0.4) is 0 Å². The summed E-state index contributed by atoms with van der Waals surface area (Å²) in [5.41, 5.74) is 6.17. The molecule has 12 heteroatoms. The van der Waals surface area contributed by atoms with Crippen molar-refractivity contribution in [3.8, 4) is 5.75 Å². The van der Waals surface area contributed by atoms with Crippen molar-refractivity contribution in [2.45, 2.75) is 17.7 Å². The smallest absolute Gasteiger partial charge is 0.234 e. The van der Waals surface area contributed by atoms with Crippen LogP contribution in [0.1, 0.15) is 0 Å². The summed E-state index contributed by atoms with van der Waals surface area (Å²) in [7, 11) is 3.94. The number of likely N-dealkylation sites (N-methyl/N-ethyl adjacent to an activating group) is 1. The number of nitroso groups, excluding NO2 is 1. The molecule has 1 aliphatic rings. The Bertz CT molecular complexity index is 674. The molecule has 0 saturated carbocycles. The molecule has 0 radical (unpaired) electrons. The number of alkyl halides is 1. The van der Waals surface area contributed by atoms with Gasteiger partial charge in [-0.2, -0.15) is 0 Å². The number of anilines is 1. The van der Waals surface area contributed by atoms with Gasteiger partial charge in [0.1, 0.15) is 24.0 Å². The van der Waals surface area contributed by atoms with E-state index in [4.69, 9.17) is 26.8 Å². The number of rotatable bonds is 12. The second kappa shape index (κ2) is 12.7. The van der Waals surface area contributed by atoms with Gasteiger partial charge < -0.3 is 25.4 Å². The van der Waals surface area contributed by atoms with Gasteiger partial charge in [-0.3, -0.25) is 20.4 Å². The fourth-order valence-electron chi connectivity index (χ4n) is 2.85. The molecule has 0 spiro atoms. The highest BCUT2D eigenvalue weighted by Gasteiger charge is 2.37. The number of carbonyl (C=O) groups is 1. The molecule has 0 bridgehead atoms. The van der Waals surface area contributed by atoms with Gasteiger partial charge in [0.25, 0.3) is 0 Å². The molecule has 1 saturated heterocycles. The van der Waals surface area contributed by atoms with E-state index in [1.165, 1.54) is 6.20 Å². The molecule has 1 aliphatic heterocycles. The summed E-state index contributed by atoms with van der Waals surface area (Å²) in [5.74, 6) is -0.999. The van der Waals surface area contributed by atoms with E-state index in [1.807, 2.05) is 19.0 Å². The van der Waals surface area contributed by atoms with E-state index in [0.29, 0.717) is 44.3 Å². The highest BCUT2D eigenvalue weighted by atomic mass is 35.5. The Morgan fingerprint density at radius 2 is 2.13 bits per heavy atom. The first-order valence-corrected chi connectivity index (χ1v) is 10.1. The van der Waals surface area contributed by atoms with Crippen molar-refractivity contribution < 1.29 is 14.3 Å². The van der Waals surface area contributed by atoms with Crippen molar-refractivity contribution in [2.75, 3.05) is 58.9 Å². The molecular formula is C18H30ClN7O4. The van der Waals surface area contributed by atoms with Crippen molar-refractivity contribution >= 4 is 23.2 Å². The third-order valence-corrected chi connectivity index (χ3v) is 4.79. The summed E-state index contributed by atoms with van der Waals surface area (Å²) in [6.07, 6.45) is 1.24. The standard InChI is InChI=1S/C18H30ClN7O4/c1-26(2)5-6-29-7-8-30-14-3-4-21-11-13(14)24-18(27)15(16(20)25-28)17-22-9-12(19)10-23-17/h3-4,11-12,15-17,22-23H,5-10,20H2,1-2H3,(H,24,27). The molecule has 2 heterocycles. The zero-order chi connectivity index (χ0) is 21.9. The van der Waals surface area contributed by atoms with Crippen LogP contribution < -0.4 is 26.4 Å². The van der Waals surface area contributed by atoms with Gasteiger partial charge in [-0.05, 0) is 14.1 Å². The predicted molar refractivity (Wildman–Crippen MR) is 114 cm³/mol. The molecular weight excluding hydrogens is 414 g/mol. The van der Waals surface area contributed by atoms with Gasteiger partial charge in [-0.15, -0.1) is 16.5 Å². The zero-order valence-electron chi connectivity index (χ0n) is 17.2. The molecule has 1 fully saturated rings. The second-order valence-electron chi connectivity index (χ2n) is 7.14. The van der Waals surface area contributed by atoms with E-state index in [9.17, 15) is 9.70 Å². The van der Waals surface area contributed by atoms with Gasteiger partial charge >= 0.3 is 0 Å². The minimum Gasteiger partial charge on any atom is -0.489 e. The third kappa shape index (κ3) is 7.74. The molecule has 1 amide bonds. The van der Waals surface area contributed by atoms with Crippen molar-refractivity contribution in [1.82, 2.24) is 20.5 Å². The summed E-state index contributed by atoms with van der Waals surface area (Å²) >= 11 is 6.05. The van der Waals surface area contributed by atoms with Crippen molar-refractivity contribution in [3.63, 3.8) is 0 Å². The number of ether oxygens (including phenoxy) is 2. The maximum Gasteiger partial charge on any atom is 0.234 e. The van der Waals surface area contributed by atoms with Crippen LogP contribution in [0, 0.1) is 10.8 Å². The lowest BCUT2D eigenvalue weighted by Gasteiger charge is -2.34. The van der Waals surface area contributed by atoms with Gasteiger partial charge in [-0.1, -0.05) is 5.18 Å². The van der Waals surface area contributed by atoms with Crippen LogP contribution in [0.5, 0.6) is 5.75 Å². The second-order valence-corrected chi connectivity index (χ2v) is 7.76. The van der Waals surface area contributed by atoms with E-state index >= 15 is 0 Å². The number of carbonyl (C=O) groups excluding carboxylic acids is 1. The Morgan fingerprint density at radius 3 is 2.80 bits per heavy atom. The van der Waals surface area contributed by atoms with Crippen molar-refractivity contribution in [3.05, 3.63) is 23.4 Å². The topological polar surface area (TPSA) is 143 Å². The molecule has 11 nitrogen and oxygen atoms in total. The van der Waals surface area contributed by atoms with Crippen LogP contribution in [0.25, 0.3) is 0 Å². The fourth-order valence-corrected chi connectivity index (χ4v) is 3.03. The fraction of sp³-hybridized carbons (Fsp3) is 0.667. The maximum absolute atomic E-state index is 12.9. The first kappa shape index (κ1) is 24.4. The summed E-state index contributed by atoms with van der Waals surface area (Å²) < 4.78 is 11.2. The first-order valence-electron chi connectivity index (χ1n) is 9.71. The number of nitrogens with zero attached hydrogens (tertiary/aromatic N) is 3. The summed E-state index contributed by atoms with van der Waals surface area (Å²) in [6.45, 7) is 3.08. The van der Waals surface area contributed by atoms with Crippen LogP contribution >= 0.6 is 11.6 Å². The Labute approximate surface area is 181 Å². The largest absolute Gasteiger partial charge is 0.489 e. The lowest BCUT2D eigenvalue weighted by Crippen LogP contribution is -2.62. The number of halogens is 1. The normalized spacial score (nSPS) is 21.1. The van der Waals surface area contributed by atoms with E-state index < -0.39 is 24.2 Å². The van der Waals surface area contributed by atoms with Crippen LogP contribution in [-0.2, 0) is 9.53 Å². The number of hydrogen-bond donors (Lipinski definition) is 4. The molecule has 1 aromatic heterocycles. The maximum atomic E-state index is 12.9. The lowest BCUT2D eigenvalue weighted by molar-refractivity contribution is -0.121. The number of pyridine rings is 1. The van der Waals surface area contributed by atoms with Crippen molar-refractivity contribution in [1.29, 1.82) is 0 Å². The number of hydrogen-bond acceptors (Lipinski definition) is 10. The van der Waals surface area contributed by atoms with Crippen molar-refractivity contribution in [2.24, 2.45) is 16.8 Å². The molecule has 2 rings (SSSR count). The van der Waals surface area contributed by atoms with E-state index in [2.05, 4.69) is 26.1 Å². The number of nitrogens with two attached hydrogens (primary N) is 1. The minimum absolute atomic E-state index is 0.122. The van der Waals surface area contributed by atoms with Gasteiger partial charge in [0.15, 0.2) is 6.17 Å². The predicted octanol–water partition coefficient (Wildman–Crippen LogP) is -0.229. The molecule has 30 heavy (non-hydrogen) atoms. The number of nitrogens with one attached hydrogen (secondary N) is 3. The average molecular weight is 444 g/mol.